The molecule has 0 unspecified atom stereocenters. The average Bonchev–Trinajstić information content (AvgIpc) is 2.88. The zero-order chi connectivity index (χ0) is 23.6. The fourth-order valence-electron chi connectivity index (χ4n) is 3.21. The molecule has 0 aliphatic rings. The van der Waals surface area contributed by atoms with Crippen LogP contribution in [-0.2, 0) is 0 Å². The number of benzene rings is 4. The van der Waals surface area contributed by atoms with Crippen molar-refractivity contribution in [1.29, 1.82) is 0 Å². The monoisotopic (exact) mass is 452 g/mol. The highest BCUT2D eigenvalue weighted by Gasteiger charge is 2.09. The van der Waals surface area contributed by atoms with Gasteiger partial charge in [-0.1, -0.05) is 42.5 Å². The molecule has 4 aromatic rings. The van der Waals surface area contributed by atoms with E-state index in [1.807, 2.05) is 36.4 Å². The Labute approximate surface area is 198 Å². The highest BCUT2D eigenvalue weighted by atomic mass is 16.5. The number of ether oxygens (including phenoxy) is 2. The Morgan fingerprint density at radius 3 is 1.56 bits per heavy atom. The molecule has 0 fully saturated rings. The van der Waals surface area contributed by atoms with Crippen LogP contribution in [0.5, 0.6) is 11.5 Å². The lowest BCUT2D eigenvalue weighted by molar-refractivity contribution is 0.101. The third kappa shape index (κ3) is 6.46. The molecule has 6 nitrogen and oxygen atoms in total. The van der Waals surface area contributed by atoms with Crippen LogP contribution in [0, 0.1) is 0 Å². The van der Waals surface area contributed by atoms with Crippen LogP contribution in [0.15, 0.2) is 109 Å². The van der Waals surface area contributed by atoms with Crippen LogP contribution in [-0.4, -0.2) is 25.0 Å². The first-order valence-electron chi connectivity index (χ1n) is 10.9. The molecule has 34 heavy (non-hydrogen) atoms. The summed E-state index contributed by atoms with van der Waals surface area (Å²) in [5.74, 6) is 0.972. The van der Waals surface area contributed by atoms with E-state index in [9.17, 15) is 9.59 Å². The number of hydrogen-bond acceptors (Lipinski definition) is 4. The van der Waals surface area contributed by atoms with E-state index in [-0.39, 0.29) is 11.8 Å². The summed E-state index contributed by atoms with van der Waals surface area (Å²) in [6, 6.07) is 32.4. The van der Waals surface area contributed by atoms with Crippen molar-refractivity contribution in [3.63, 3.8) is 0 Å². The Balaban J connectivity index is 1.28. The van der Waals surface area contributed by atoms with Gasteiger partial charge in [-0.05, 0) is 66.7 Å². The summed E-state index contributed by atoms with van der Waals surface area (Å²) >= 11 is 0. The van der Waals surface area contributed by atoms with E-state index < -0.39 is 0 Å². The van der Waals surface area contributed by atoms with Gasteiger partial charge in [-0.2, -0.15) is 0 Å². The zero-order valence-electron chi connectivity index (χ0n) is 18.4. The molecule has 0 spiro atoms. The van der Waals surface area contributed by atoms with E-state index in [1.165, 1.54) is 0 Å². The van der Waals surface area contributed by atoms with Gasteiger partial charge in [0.2, 0.25) is 0 Å². The van der Waals surface area contributed by atoms with E-state index in [0.29, 0.717) is 41.5 Å². The fourth-order valence-corrected chi connectivity index (χ4v) is 3.21. The van der Waals surface area contributed by atoms with Crippen molar-refractivity contribution >= 4 is 23.2 Å². The van der Waals surface area contributed by atoms with Gasteiger partial charge in [0.05, 0.1) is 0 Å². The first kappa shape index (κ1) is 22.6. The number of para-hydroxylation sites is 1. The summed E-state index contributed by atoms with van der Waals surface area (Å²) in [5, 5.41) is 5.69. The molecule has 0 aliphatic carbocycles. The van der Waals surface area contributed by atoms with Crippen molar-refractivity contribution in [2.45, 2.75) is 0 Å². The van der Waals surface area contributed by atoms with E-state index in [4.69, 9.17) is 9.47 Å². The Hall–Kier alpha value is -4.58. The minimum absolute atomic E-state index is 0.214. The summed E-state index contributed by atoms with van der Waals surface area (Å²) in [7, 11) is 0. The van der Waals surface area contributed by atoms with Crippen molar-refractivity contribution < 1.29 is 19.1 Å². The molecule has 0 saturated carbocycles. The van der Waals surface area contributed by atoms with Gasteiger partial charge >= 0.3 is 0 Å². The maximum absolute atomic E-state index is 12.6. The van der Waals surface area contributed by atoms with E-state index >= 15 is 0 Å². The van der Waals surface area contributed by atoms with Crippen molar-refractivity contribution in [2.24, 2.45) is 0 Å². The number of hydrogen-bond donors (Lipinski definition) is 2. The summed E-state index contributed by atoms with van der Waals surface area (Å²) in [6.45, 7) is 0.811. The molecule has 170 valence electrons. The first-order valence-corrected chi connectivity index (χ1v) is 10.9. The maximum atomic E-state index is 12.6. The molecule has 2 N–H and O–H groups in total. The summed E-state index contributed by atoms with van der Waals surface area (Å²) in [6.07, 6.45) is 0. The second kappa shape index (κ2) is 11.3. The van der Waals surface area contributed by atoms with Gasteiger partial charge < -0.3 is 20.1 Å². The van der Waals surface area contributed by atoms with Gasteiger partial charge in [-0.25, -0.2) is 0 Å². The van der Waals surface area contributed by atoms with Crippen LogP contribution in [0.4, 0.5) is 11.4 Å². The summed E-state index contributed by atoms with van der Waals surface area (Å²) < 4.78 is 11.3. The lowest BCUT2D eigenvalue weighted by atomic mass is 10.2. The fraction of sp³-hybridized carbons (Fsp3) is 0.0714. The second-order valence-electron chi connectivity index (χ2n) is 7.39. The quantitative estimate of drug-likeness (QED) is 0.322. The highest BCUT2D eigenvalue weighted by molar-refractivity contribution is 6.06. The Morgan fingerprint density at radius 2 is 1.00 bits per heavy atom. The molecule has 2 amide bonds. The molecule has 0 aliphatic heterocycles. The predicted molar refractivity (Wildman–Crippen MR) is 133 cm³/mol. The number of amides is 2. The Kier molecular flexibility index (Phi) is 7.54. The lowest BCUT2D eigenvalue weighted by Gasteiger charge is -2.10. The van der Waals surface area contributed by atoms with Crippen molar-refractivity contribution in [3.05, 3.63) is 120 Å². The molecular formula is C28H24N2O4. The topological polar surface area (TPSA) is 76.7 Å². The third-order valence-corrected chi connectivity index (χ3v) is 4.89. The standard InChI is InChI=1S/C28H24N2O4/c31-27(21-8-3-1-4-9-21)29-23-10-7-11-24(20-23)30-28(32)22-14-16-26(17-15-22)34-19-18-33-25-12-5-2-6-13-25/h1-17,20H,18-19H2,(H,29,31)(H,30,32). The van der Waals surface area contributed by atoms with E-state index in [0.717, 1.165) is 5.75 Å². The lowest BCUT2D eigenvalue weighted by Crippen LogP contribution is -2.14. The largest absolute Gasteiger partial charge is 0.490 e. The predicted octanol–water partition coefficient (Wildman–Crippen LogP) is 5.65. The van der Waals surface area contributed by atoms with Gasteiger partial charge in [0.15, 0.2) is 0 Å². The zero-order valence-corrected chi connectivity index (χ0v) is 18.4. The first-order chi connectivity index (χ1) is 16.7. The number of anilines is 2. The van der Waals surface area contributed by atoms with Crippen LogP contribution < -0.4 is 20.1 Å². The molecule has 0 atom stereocenters. The normalized spacial score (nSPS) is 10.2. The average molecular weight is 453 g/mol. The van der Waals surface area contributed by atoms with Gasteiger partial charge in [-0.3, -0.25) is 9.59 Å². The molecule has 6 heteroatoms. The smallest absolute Gasteiger partial charge is 0.255 e. The summed E-state index contributed by atoms with van der Waals surface area (Å²) in [5.41, 5.74) is 2.22. The number of carbonyl (C=O) groups is 2. The van der Waals surface area contributed by atoms with Gasteiger partial charge in [0, 0.05) is 22.5 Å². The van der Waals surface area contributed by atoms with Crippen molar-refractivity contribution in [1.82, 2.24) is 0 Å². The number of rotatable bonds is 9. The van der Waals surface area contributed by atoms with Crippen molar-refractivity contribution in [2.75, 3.05) is 23.8 Å². The van der Waals surface area contributed by atoms with Gasteiger partial charge in [-0.15, -0.1) is 0 Å². The van der Waals surface area contributed by atoms with Gasteiger partial charge in [0.25, 0.3) is 11.8 Å². The Bertz CT molecular complexity index is 1230. The van der Waals surface area contributed by atoms with Crippen LogP contribution in [0.25, 0.3) is 0 Å². The molecular weight excluding hydrogens is 428 g/mol. The van der Waals surface area contributed by atoms with Gasteiger partial charge in [0.1, 0.15) is 24.7 Å². The van der Waals surface area contributed by atoms with Crippen LogP contribution in [0.1, 0.15) is 20.7 Å². The molecule has 0 saturated heterocycles. The molecule has 0 aromatic heterocycles. The second-order valence-corrected chi connectivity index (χ2v) is 7.39. The van der Waals surface area contributed by atoms with E-state index in [2.05, 4.69) is 10.6 Å². The summed E-state index contributed by atoms with van der Waals surface area (Å²) in [4.78, 5) is 25.0. The van der Waals surface area contributed by atoms with E-state index in [1.54, 1.807) is 72.8 Å². The van der Waals surface area contributed by atoms with Crippen LogP contribution >= 0.6 is 0 Å². The van der Waals surface area contributed by atoms with Crippen molar-refractivity contribution in [3.8, 4) is 11.5 Å². The SMILES string of the molecule is O=C(Nc1cccc(NC(=O)c2ccc(OCCOc3ccccc3)cc2)c1)c1ccccc1. The number of carbonyl (C=O) groups excluding carboxylic acids is 2. The highest BCUT2D eigenvalue weighted by Crippen LogP contribution is 2.18. The Morgan fingerprint density at radius 1 is 0.529 bits per heavy atom. The third-order valence-electron chi connectivity index (χ3n) is 4.89. The van der Waals surface area contributed by atoms with Crippen LogP contribution in [0.2, 0.25) is 0 Å². The molecule has 0 heterocycles. The van der Waals surface area contributed by atoms with Crippen LogP contribution in [0.3, 0.4) is 0 Å². The molecule has 4 rings (SSSR count). The molecule has 0 radical (unpaired) electrons. The number of nitrogens with one attached hydrogen (secondary N) is 2. The minimum atomic E-state index is -0.259. The maximum Gasteiger partial charge on any atom is 0.255 e. The minimum Gasteiger partial charge on any atom is -0.490 e. The molecule has 4 aromatic carbocycles. The molecule has 0 bridgehead atoms.